The van der Waals surface area contributed by atoms with Crippen LogP contribution in [-0.2, 0) is 19.1 Å². The maximum Gasteiger partial charge on any atom is 0.192 e. The molecule has 0 aromatic rings. The van der Waals surface area contributed by atoms with E-state index in [1.54, 1.807) is 19.9 Å². The fourth-order valence-electron chi connectivity index (χ4n) is 8.03. The summed E-state index contributed by atoms with van der Waals surface area (Å²) in [5.41, 5.74) is -2.24. The first-order chi connectivity index (χ1) is 14.8. The molecule has 176 valence electrons. The molecule has 0 spiro atoms. The summed E-state index contributed by atoms with van der Waals surface area (Å²) in [6.07, 6.45) is 3.28. The minimum absolute atomic E-state index is 0.0673. The highest BCUT2D eigenvalue weighted by Crippen LogP contribution is 2.70. The molecular weight excluding hydrogens is 547 g/mol. The van der Waals surface area contributed by atoms with Gasteiger partial charge in [-0.3, -0.25) is 9.59 Å². The highest BCUT2D eigenvalue weighted by atomic mass is 79.9. The molecule has 1 heterocycles. The van der Waals surface area contributed by atoms with E-state index in [1.165, 1.54) is 12.2 Å². The van der Waals surface area contributed by atoms with Crippen molar-refractivity contribution in [3.63, 3.8) is 0 Å². The third kappa shape index (κ3) is 2.82. The van der Waals surface area contributed by atoms with E-state index >= 15 is 4.39 Å². The lowest BCUT2D eigenvalue weighted by atomic mass is 9.46. The SMILES string of the molecule is CC1(C)O[C@@H]2C[C@H]3[C@@H]4C[C@H](F)C5=CC(=O)C=C[C@]5(C)[C@H]4[C@@H](O)C[C@]3(C)[C@]2(C(=O)C(Br)Br)O1. The quantitative estimate of drug-likeness (QED) is 0.494. The van der Waals surface area contributed by atoms with Crippen LogP contribution in [0.25, 0.3) is 0 Å². The summed E-state index contributed by atoms with van der Waals surface area (Å²) in [6, 6.07) is 0. The van der Waals surface area contributed by atoms with Crippen LogP contribution in [0.5, 0.6) is 0 Å². The van der Waals surface area contributed by atoms with Crippen LogP contribution in [0.15, 0.2) is 23.8 Å². The molecule has 1 aliphatic heterocycles. The van der Waals surface area contributed by atoms with Crippen LogP contribution in [0, 0.1) is 28.6 Å². The van der Waals surface area contributed by atoms with Crippen molar-refractivity contribution in [1.82, 2.24) is 0 Å². The molecule has 5 nitrogen and oxygen atoms in total. The van der Waals surface area contributed by atoms with Crippen molar-refractivity contribution < 1.29 is 28.6 Å². The van der Waals surface area contributed by atoms with Gasteiger partial charge in [-0.15, -0.1) is 0 Å². The number of carbonyl (C=O) groups excluding carboxylic acids is 2. The summed E-state index contributed by atoms with van der Waals surface area (Å²) in [5.74, 6) is -1.79. The van der Waals surface area contributed by atoms with Crippen LogP contribution in [0.3, 0.4) is 0 Å². The normalized spacial score (nSPS) is 51.0. The Hall–Kier alpha value is -0.410. The monoisotopic (exact) mass is 574 g/mol. The average molecular weight is 576 g/mol. The molecule has 9 atom stereocenters. The molecule has 4 fully saturated rings. The topological polar surface area (TPSA) is 72.8 Å². The van der Waals surface area contributed by atoms with Gasteiger partial charge in [-0.2, -0.15) is 0 Å². The van der Waals surface area contributed by atoms with Gasteiger partial charge >= 0.3 is 0 Å². The molecule has 32 heavy (non-hydrogen) atoms. The zero-order valence-electron chi connectivity index (χ0n) is 18.6. The first kappa shape index (κ1) is 23.3. The van der Waals surface area contributed by atoms with Crippen molar-refractivity contribution in [1.29, 1.82) is 0 Å². The Morgan fingerprint density at radius 1 is 1.25 bits per heavy atom. The number of aliphatic hydroxyl groups is 1. The van der Waals surface area contributed by atoms with E-state index in [-0.39, 0.29) is 35.7 Å². The Balaban J connectivity index is 1.62. The van der Waals surface area contributed by atoms with Crippen molar-refractivity contribution in [2.24, 2.45) is 28.6 Å². The summed E-state index contributed by atoms with van der Waals surface area (Å²) in [4.78, 5) is 25.6. The van der Waals surface area contributed by atoms with E-state index in [9.17, 15) is 14.7 Å². The number of carbonyl (C=O) groups is 2. The predicted octanol–water partition coefficient (Wildman–Crippen LogP) is 4.40. The molecule has 0 amide bonds. The second-order valence-corrected chi connectivity index (χ2v) is 14.1. The summed E-state index contributed by atoms with van der Waals surface area (Å²) in [6.45, 7) is 7.54. The maximum atomic E-state index is 15.5. The van der Waals surface area contributed by atoms with Crippen molar-refractivity contribution >= 4 is 43.4 Å². The van der Waals surface area contributed by atoms with Gasteiger partial charge in [0.2, 0.25) is 0 Å². The van der Waals surface area contributed by atoms with Crippen molar-refractivity contribution in [2.45, 2.75) is 80.5 Å². The summed E-state index contributed by atoms with van der Waals surface area (Å²) in [7, 11) is 0. The Kier molecular flexibility index (Phi) is 5.15. The molecule has 1 N–H and O–H groups in total. The predicted molar refractivity (Wildman–Crippen MR) is 123 cm³/mol. The van der Waals surface area contributed by atoms with Gasteiger partial charge in [0.15, 0.2) is 23.0 Å². The molecule has 4 aliphatic carbocycles. The number of allylic oxidation sites excluding steroid dienone is 4. The molecule has 1 saturated heterocycles. The van der Waals surface area contributed by atoms with E-state index in [4.69, 9.17) is 9.47 Å². The second kappa shape index (κ2) is 7.06. The molecule has 5 aliphatic rings. The van der Waals surface area contributed by atoms with Gasteiger partial charge in [0.05, 0.1) is 12.2 Å². The van der Waals surface area contributed by atoms with Crippen LogP contribution in [0.1, 0.15) is 47.0 Å². The van der Waals surface area contributed by atoms with E-state index in [0.29, 0.717) is 18.4 Å². The van der Waals surface area contributed by atoms with Crippen LogP contribution >= 0.6 is 31.9 Å². The molecule has 0 aromatic carbocycles. The third-order valence-corrected chi connectivity index (χ3v) is 9.87. The zero-order chi connectivity index (χ0) is 23.4. The largest absolute Gasteiger partial charge is 0.393 e. The number of ketones is 2. The highest BCUT2D eigenvalue weighted by Gasteiger charge is 2.77. The molecule has 0 aromatic heterocycles. The number of Topliss-reactive ketones (excluding diaryl/α,β-unsaturated/α-hetero) is 1. The number of ether oxygens (including phenoxy) is 2. The third-order valence-electron chi connectivity index (χ3n) is 9.03. The highest BCUT2D eigenvalue weighted by molar-refractivity contribution is 9.25. The van der Waals surface area contributed by atoms with Crippen molar-refractivity contribution in [3.05, 3.63) is 23.8 Å². The lowest BCUT2D eigenvalue weighted by molar-refractivity contribution is -0.225. The minimum atomic E-state index is -1.27. The number of aliphatic hydroxyl groups excluding tert-OH is 1. The van der Waals surface area contributed by atoms with Crippen LogP contribution in [-0.4, -0.2) is 50.2 Å². The second-order valence-electron chi connectivity index (χ2n) is 11.1. The van der Waals surface area contributed by atoms with Gasteiger partial charge in [-0.1, -0.05) is 51.8 Å². The zero-order valence-corrected chi connectivity index (χ0v) is 21.8. The molecule has 5 rings (SSSR count). The van der Waals surface area contributed by atoms with Crippen molar-refractivity contribution in [3.8, 4) is 0 Å². The number of fused-ring (bicyclic) bond motifs is 7. The number of hydrogen-bond donors (Lipinski definition) is 1. The number of hydrogen-bond acceptors (Lipinski definition) is 5. The average Bonchev–Trinajstić information content (AvgIpc) is 3.08. The number of rotatable bonds is 2. The Morgan fingerprint density at radius 2 is 1.94 bits per heavy atom. The van der Waals surface area contributed by atoms with Crippen LogP contribution in [0.2, 0.25) is 0 Å². The van der Waals surface area contributed by atoms with Gasteiger partial charge in [-0.05, 0) is 62.7 Å². The summed E-state index contributed by atoms with van der Waals surface area (Å²) >= 11 is 6.75. The lowest BCUT2D eigenvalue weighted by Gasteiger charge is -2.60. The molecule has 0 bridgehead atoms. The van der Waals surface area contributed by atoms with Gasteiger partial charge in [-0.25, -0.2) is 4.39 Å². The van der Waals surface area contributed by atoms with Gasteiger partial charge < -0.3 is 14.6 Å². The molecule has 3 saturated carbocycles. The van der Waals surface area contributed by atoms with E-state index < -0.39 is 44.3 Å². The smallest absolute Gasteiger partial charge is 0.192 e. The first-order valence-corrected chi connectivity index (χ1v) is 13.1. The Labute approximate surface area is 204 Å². The lowest BCUT2D eigenvalue weighted by Crippen LogP contribution is -2.64. The number of halogens is 3. The molecule has 8 heteroatoms. The van der Waals surface area contributed by atoms with Gasteiger partial charge in [0, 0.05) is 16.7 Å². The van der Waals surface area contributed by atoms with Crippen LogP contribution < -0.4 is 0 Å². The fourth-order valence-corrected chi connectivity index (χ4v) is 8.71. The van der Waals surface area contributed by atoms with Gasteiger partial charge in [0.25, 0.3) is 0 Å². The first-order valence-electron chi connectivity index (χ1n) is 11.2. The summed E-state index contributed by atoms with van der Waals surface area (Å²) < 4.78 is 27.6. The Bertz CT molecular complexity index is 947. The van der Waals surface area contributed by atoms with Gasteiger partial charge in [0.1, 0.15) is 9.91 Å². The van der Waals surface area contributed by atoms with E-state index in [1.807, 2.05) is 13.8 Å². The molecule has 0 unspecified atom stereocenters. The summed E-state index contributed by atoms with van der Waals surface area (Å²) in [5, 5.41) is 11.6. The fraction of sp³-hybridized carbons (Fsp3) is 0.750. The van der Waals surface area contributed by atoms with Crippen LogP contribution in [0.4, 0.5) is 4.39 Å². The van der Waals surface area contributed by atoms with Crippen molar-refractivity contribution in [2.75, 3.05) is 0 Å². The maximum absolute atomic E-state index is 15.5. The standard InChI is InChI=1S/C24H29Br2FO5/c1-21(2)31-17-9-13-12-8-15(27)14-7-11(28)5-6-22(14,3)18(12)16(29)10-23(13,4)24(17,32-21)19(30)20(25)26/h5-7,12-13,15-18,20,29H,8-10H2,1-4H3/t12-,13-,15-,16-,17+,18+,22-,23-,24-/m0/s1. The molecular formula is C24H29Br2FO5. The number of alkyl halides is 3. The van der Waals surface area contributed by atoms with E-state index in [2.05, 4.69) is 31.9 Å². The Morgan fingerprint density at radius 3 is 2.59 bits per heavy atom. The minimum Gasteiger partial charge on any atom is -0.393 e. The molecule has 0 radical (unpaired) electrons. The van der Waals surface area contributed by atoms with E-state index in [0.717, 1.165) is 0 Å².